The number of hydrogen-bond acceptors (Lipinski definition) is 2. The number of H-pyrrole nitrogens is 1. The summed E-state index contributed by atoms with van der Waals surface area (Å²) in [5.74, 6) is -0.00116. The van der Waals surface area contributed by atoms with Gasteiger partial charge in [-0.2, -0.15) is 0 Å². The van der Waals surface area contributed by atoms with Crippen LogP contribution in [0.4, 0.5) is 0 Å². The zero-order valence-corrected chi connectivity index (χ0v) is 13.1. The van der Waals surface area contributed by atoms with Gasteiger partial charge < -0.3 is 15.4 Å². The fourth-order valence-electron chi connectivity index (χ4n) is 3.60. The maximum atomic E-state index is 12.4. The number of rotatable bonds is 5. The number of fused-ring (bicyclic) bond motifs is 1. The molecule has 4 nitrogen and oxygen atoms in total. The average Bonchev–Trinajstić information content (AvgIpc) is 3.15. The van der Waals surface area contributed by atoms with Crippen molar-refractivity contribution in [2.45, 2.75) is 51.0 Å². The zero-order chi connectivity index (χ0) is 15.6. The first-order valence-electron chi connectivity index (χ1n) is 8.17. The average molecular weight is 300 g/mol. The summed E-state index contributed by atoms with van der Waals surface area (Å²) in [6.07, 6.45) is 7.17. The molecule has 0 unspecified atom stereocenters. The largest absolute Gasteiger partial charge is 0.394 e. The Morgan fingerprint density at radius 1 is 1.32 bits per heavy atom. The van der Waals surface area contributed by atoms with E-state index in [1.54, 1.807) is 0 Å². The summed E-state index contributed by atoms with van der Waals surface area (Å²) in [7, 11) is 0. The highest BCUT2D eigenvalue weighted by Gasteiger charge is 2.34. The van der Waals surface area contributed by atoms with E-state index in [2.05, 4.69) is 29.4 Å². The van der Waals surface area contributed by atoms with E-state index in [-0.39, 0.29) is 12.5 Å². The third-order valence-corrected chi connectivity index (χ3v) is 4.89. The van der Waals surface area contributed by atoms with Gasteiger partial charge in [-0.1, -0.05) is 38.0 Å². The predicted octanol–water partition coefficient (Wildman–Crippen LogP) is 2.69. The summed E-state index contributed by atoms with van der Waals surface area (Å²) >= 11 is 0. The molecule has 0 aliphatic heterocycles. The minimum atomic E-state index is -0.391. The third-order valence-electron chi connectivity index (χ3n) is 4.89. The maximum absolute atomic E-state index is 12.4. The van der Waals surface area contributed by atoms with Crippen LogP contribution in [-0.2, 0) is 17.6 Å². The van der Waals surface area contributed by atoms with Crippen molar-refractivity contribution in [3.63, 3.8) is 0 Å². The number of para-hydroxylation sites is 1. The fourth-order valence-corrected chi connectivity index (χ4v) is 3.60. The summed E-state index contributed by atoms with van der Waals surface area (Å²) < 4.78 is 0. The molecule has 1 fully saturated rings. The van der Waals surface area contributed by atoms with Gasteiger partial charge in [0.15, 0.2) is 0 Å². The minimum Gasteiger partial charge on any atom is -0.394 e. The molecule has 1 aliphatic carbocycles. The summed E-state index contributed by atoms with van der Waals surface area (Å²) in [6.45, 7) is 2.17. The molecular weight excluding hydrogens is 276 g/mol. The molecule has 3 N–H and O–H groups in total. The molecule has 3 rings (SSSR count). The fraction of sp³-hybridized carbons (Fsp3) is 0.500. The molecule has 22 heavy (non-hydrogen) atoms. The van der Waals surface area contributed by atoms with E-state index in [1.165, 1.54) is 5.56 Å². The molecule has 1 aliphatic rings. The second kappa shape index (κ2) is 6.13. The Labute approximate surface area is 130 Å². The lowest BCUT2D eigenvalue weighted by molar-refractivity contribution is -0.122. The number of benzene rings is 1. The Morgan fingerprint density at radius 2 is 2.09 bits per heavy atom. The van der Waals surface area contributed by atoms with Crippen molar-refractivity contribution >= 4 is 16.8 Å². The zero-order valence-electron chi connectivity index (χ0n) is 13.1. The Bertz CT molecular complexity index is 669. The Balaban J connectivity index is 1.77. The van der Waals surface area contributed by atoms with Crippen LogP contribution in [0.2, 0.25) is 0 Å². The second-order valence-corrected chi connectivity index (χ2v) is 6.38. The van der Waals surface area contributed by atoms with Gasteiger partial charge in [-0.25, -0.2) is 0 Å². The van der Waals surface area contributed by atoms with Crippen LogP contribution in [0.3, 0.4) is 0 Å². The Hall–Kier alpha value is -1.81. The van der Waals surface area contributed by atoms with Crippen LogP contribution in [0.15, 0.2) is 24.4 Å². The van der Waals surface area contributed by atoms with Gasteiger partial charge in [-0.3, -0.25) is 4.79 Å². The lowest BCUT2D eigenvalue weighted by atomic mass is 9.98. The van der Waals surface area contributed by atoms with Gasteiger partial charge in [-0.15, -0.1) is 0 Å². The number of carbonyl (C=O) groups is 1. The molecular formula is C18H24N2O2. The quantitative estimate of drug-likeness (QED) is 0.795. The molecule has 1 amide bonds. The molecule has 1 aromatic heterocycles. The van der Waals surface area contributed by atoms with Crippen LogP contribution < -0.4 is 5.32 Å². The van der Waals surface area contributed by atoms with Crippen molar-refractivity contribution in [3.8, 4) is 0 Å². The van der Waals surface area contributed by atoms with E-state index in [0.29, 0.717) is 6.42 Å². The molecule has 1 saturated carbocycles. The number of hydrogen-bond donors (Lipinski definition) is 3. The van der Waals surface area contributed by atoms with Gasteiger partial charge >= 0.3 is 0 Å². The lowest BCUT2D eigenvalue weighted by Gasteiger charge is -2.27. The monoisotopic (exact) mass is 300 g/mol. The van der Waals surface area contributed by atoms with Crippen LogP contribution >= 0.6 is 0 Å². The highest BCUT2D eigenvalue weighted by atomic mass is 16.3. The van der Waals surface area contributed by atoms with E-state index >= 15 is 0 Å². The highest BCUT2D eigenvalue weighted by Crippen LogP contribution is 2.29. The smallest absolute Gasteiger partial charge is 0.225 e. The standard InChI is InChI=1S/C18H24N2O2/c1-2-13-6-5-7-15-14(11-19-17(13)15)10-16(22)20-18(12-21)8-3-4-9-18/h5-7,11,19,21H,2-4,8-10,12H2,1H3,(H,20,22). The van der Waals surface area contributed by atoms with Crippen LogP contribution in [0.5, 0.6) is 0 Å². The molecule has 0 spiro atoms. The van der Waals surface area contributed by atoms with Crippen molar-refractivity contribution in [1.29, 1.82) is 0 Å². The summed E-state index contributed by atoms with van der Waals surface area (Å²) in [4.78, 5) is 15.7. The van der Waals surface area contributed by atoms with Crippen molar-refractivity contribution in [2.24, 2.45) is 0 Å². The molecule has 118 valence electrons. The number of nitrogens with one attached hydrogen (secondary N) is 2. The first-order chi connectivity index (χ1) is 10.7. The van der Waals surface area contributed by atoms with Crippen LogP contribution in [-0.4, -0.2) is 28.1 Å². The van der Waals surface area contributed by atoms with Gasteiger partial charge in [0.1, 0.15) is 0 Å². The second-order valence-electron chi connectivity index (χ2n) is 6.38. The number of aromatic amines is 1. The van der Waals surface area contributed by atoms with Crippen molar-refractivity contribution < 1.29 is 9.90 Å². The third kappa shape index (κ3) is 2.75. The predicted molar refractivity (Wildman–Crippen MR) is 87.8 cm³/mol. The minimum absolute atomic E-state index is 0.00116. The molecule has 0 saturated heterocycles. The number of aliphatic hydroxyl groups excluding tert-OH is 1. The number of aryl methyl sites for hydroxylation is 1. The summed E-state index contributed by atoms with van der Waals surface area (Å²) in [5, 5.41) is 13.8. The molecule has 0 radical (unpaired) electrons. The van der Waals surface area contributed by atoms with Crippen molar-refractivity contribution in [1.82, 2.24) is 10.3 Å². The summed E-state index contributed by atoms with van der Waals surface area (Å²) in [5.41, 5.74) is 3.03. The first-order valence-corrected chi connectivity index (χ1v) is 8.17. The molecule has 4 heteroatoms. The normalized spacial score (nSPS) is 17.0. The van der Waals surface area contributed by atoms with Gasteiger partial charge in [0.05, 0.1) is 18.6 Å². The van der Waals surface area contributed by atoms with Crippen LogP contribution in [0.1, 0.15) is 43.7 Å². The van der Waals surface area contributed by atoms with E-state index in [4.69, 9.17) is 0 Å². The number of carbonyl (C=O) groups excluding carboxylic acids is 1. The van der Waals surface area contributed by atoms with Gasteiger partial charge in [0, 0.05) is 17.1 Å². The van der Waals surface area contributed by atoms with Crippen LogP contribution in [0, 0.1) is 0 Å². The molecule has 0 atom stereocenters. The van der Waals surface area contributed by atoms with Gasteiger partial charge in [0.25, 0.3) is 0 Å². The number of amides is 1. The lowest BCUT2D eigenvalue weighted by Crippen LogP contribution is -2.49. The first kappa shape index (κ1) is 15.1. The molecule has 2 aromatic rings. The Morgan fingerprint density at radius 3 is 2.77 bits per heavy atom. The summed E-state index contributed by atoms with van der Waals surface area (Å²) in [6, 6.07) is 6.22. The molecule has 1 aromatic carbocycles. The molecule has 1 heterocycles. The van der Waals surface area contributed by atoms with E-state index in [1.807, 2.05) is 12.3 Å². The topological polar surface area (TPSA) is 65.1 Å². The van der Waals surface area contributed by atoms with Crippen LogP contribution in [0.25, 0.3) is 10.9 Å². The van der Waals surface area contributed by atoms with E-state index in [0.717, 1.165) is 48.6 Å². The van der Waals surface area contributed by atoms with E-state index in [9.17, 15) is 9.90 Å². The highest BCUT2D eigenvalue weighted by molar-refractivity contribution is 5.90. The number of aliphatic hydroxyl groups is 1. The number of aromatic nitrogens is 1. The maximum Gasteiger partial charge on any atom is 0.225 e. The van der Waals surface area contributed by atoms with Crippen molar-refractivity contribution in [2.75, 3.05) is 6.61 Å². The van der Waals surface area contributed by atoms with Gasteiger partial charge in [-0.05, 0) is 30.4 Å². The molecule has 0 bridgehead atoms. The van der Waals surface area contributed by atoms with Crippen molar-refractivity contribution in [3.05, 3.63) is 35.5 Å². The van der Waals surface area contributed by atoms with Gasteiger partial charge in [0.2, 0.25) is 5.91 Å². The van der Waals surface area contributed by atoms with E-state index < -0.39 is 5.54 Å². The Kier molecular flexibility index (Phi) is 4.21. The SMILES string of the molecule is CCc1cccc2c(CC(=O)NC3(CO)CCCC3)c[nH]c12.